The molecule has 148 valence electrons. The van der Waals surface area contributed by atoms with E-state index < -0.39 is 6.23 Å². The SMILES string of the molecule is COc1ccc(Br)c([C@H]2Oc3nc(SC)nnc3-c3ccccc3N2C(C)=O)c1. The van der Waals surface area contributed by atoms with Crippen molar-refractivity contribution >= 4 is 39.3 Å². The van der Waals surface area contributed by atoms with Crippen LogP contribution in [-0.2, 0) is 4.79 Å². The predicted octanol–water partition coefficient (Wildman–Crippen LogP) is 4.48. The molecule has 2 heterocycles. The normalized spacial score (nSPS) is 15.0. The van der Waals surface area contributed by atoms with Crippen molar-refractivity contribution in [3.63, 3.8) is 0 Å². The van der Waals surface area contributed by atoms with E-state index in [-0.39, 0.29) is 5.91 Å². The second-order valence-corrected chi connectivity index (χ2v) is 7.84. The summed E-state index contributed by atoms with van der Waals surface area (Å²) in [6.07, 6.45) is 1.09. The molecule has 0 fully saturated rings. The van der Waals surface area contributed by atoms with Crippen LogP contribution in [0.25, 0.3) is 11.3 Å². The van der Waals surface area contributed by atoms with Gasteiger partial charge in [0.25, 0.3) is 0 Å². The first-order chi connectivity index (χ1) is 14.0. The molecule has 0 spiro atoms. The van der Waals surface area contributed by atoms with E-state index in [0.717, 1.165) is 15.6 Å². The lowest BCUT2D eigenvalue weighted by molar-refractivity contribution is -0.118. The average molecular weight is 473 g/mol. The van der Waals surface area contributed by atoms with Crippen molar-refractivity contribution < 1.29 is 14.3 Å². The van der Waals surface area contributed by atoms with Crippen LogP contribution in [0.5, 0.6) is 11.6 Å². The van der Waals surface area contributed by atoms with E-state index in [1.807, 2.05) is 48.7 Å². The van der Waals surface area contributed by atoms with Gasteiger partial charge in [-0.1, -0.05) is 45.9 Å². The van der Waals surface area contributed by atoms with Gasteiger partial charge in [0.05, 0.1) is 12.8 Å². The number of aromatic nitrogens is 3. The number of amides is 1. The van der Waals surface area contributed by atoms with Crippen molar-refractivity contribution in [3.8, 4) is 22.9 Å². The largest absolute Gasteiger partial charge is 0.497 e. The molecule has 1 aliphatic rings. The number of halogens is 1. The number of nitrogens with zero attached hydrogens (tertiary/aromatic N) is 4. The second-order valence-electron chi connectivity index (χ2n) is 6.22. The second kappa shape index (κ2) is 8.00. The Labute approximate surface area is 180 Å². The van der Waals surface area contributed by atoms with Crippen molar-refractivity contribution in [2.75, 3.05) is 18.3 Å². The maximum absolute atomic E-state index is 12.8. The third-order valence-corrected chi connectivity index (χ3v) is 5.76. The number of fused-ring (bicyclic) bond motifs is 3. The van der Waals surface area contributed by atoms with Crippen LogP contribution in [0.2, 0.25) is 0 Å². The Hall–Kier alpha value is -2.65. The number of para-hydroxylation sites is 1. The van der Waals surface area contributed by atoms with E-state index in [0.29, 0.717) is 28.2 Å². The predicted molar refractivity (Wildman–Crippen MR) is 114 cm³/mol. The highest BCUT2D eigenvalue weighted by molar-refractivity contribution is 9.10. The number of thioether (sulfide) groups is 1. The number of carbonyl (C=O) groups excluding carboxylic acids is 1. The molecule has 0 aliphatic carbocycles. The third kappa shape index (κ3) is 3.56. The molecule has 0 radical (unpaired) electrons. The van der Waals surface area contributed by atoms with Crippen LogP contribution in [0.15, 0.2) is 52.1 Å². The molecular formula is C20H17BrN4O3S. The highest BCUT2D eigenvalue weighted by atomic mass is 79.9. The van der Waals surface area contributed by atoms with E-state index in [2.05, 4.69) is 31.1 Å². The zero-order valence-electron chi connectivity index (χ0n) is 15.9. The highest BCUT2D eigenvalue weighted by Crippen LogP contribution is 2.44. The topological polar surface area (TPSA) is 77.4 Å². The van der Waals surface area contributed by atoms with Gasteiger partial charge in [-0.15, -0.1) is 10.2 Å². The van der Waals surface area contributed by atoms with Crippen molar-refractivity contribution in [1.29, 1.82) is 0 Å². The fraction of sp³-hybridized carbons (Fsp3) is 0.200. The van der Waals surface area contributed by atoms with Gasteiger partial charge in [0.2, 0.25) is 23.2 Å². The van der Waals surface area contributed by atoms with Gasteiger partial charge in [-0.05, 0) is 30.5 Å². The van der Waals surface area contributed by atoms with E-state index in [1.165, 1.54) is 18.7 Å². The molecule has 0 saturated heterocycles. The minimum atomic E-state index is -0.772. The van der Waals surface area contributed by atoms with Gasteiger partial charge >= 0.3 is 0 Å². The number of hydrogen-bond acceptors (Lipinski definition) is 7. The molecule has 9 heteroatoms. The van der Waals surface area contributed by atoms with Gasteiger partial charge in [-0.2, -0.15) is 4.98 Å². The van der Waals surface area contributed by atoms with Gasteiger partial charge in [-0.25, -0.2) is 0 Å². The minimum absolute atomic E-state index is 0.178. The van der Waals surface area contributed by atoms with Crippen LogP contribution in [0.1, 0.15) is 18.7 Å². The van der Waals surface area contributed by atoms with Gasteiger partial charge in [0, 0.05) is 22.5 Å². The van der Waals surface area contributed by atoms with Crippen LogP contribution in [0.3, 0.4) is 0 Å². The maximum Gasteiger partial charge on any atom is 0.247 e. The Morgan fingerprint density at radius 1 is 1.24 bits per heavy atom. The van der Waals surface area contributed by atoms with Gasteiger partial charge in [0.1, 0.15) is 5.75 Å². The Bertz CT molecular complexity index is 1100. The van der Waals surface area contributed by atoms with Crippen molar-refractivity contribution in [2.45, 2.75) is 18.3 Å². The van der Waals surface area contributed by atoms with Crippen LogP contribution < -0.4 is 14.4 Å². The Morgan fingerprint density at radius 2 is 2.03 bits per heavy atom. The molecule has 4 rings (SSSR count). The number of anilines is 1. The molecule has 0 bridgehead atoms. The summed E-state index contributed by atoms with van der Waals surface area (Å²) in [6.45, 7) is 1.50. The minimum Gasteiger partial charge on any atom is -0.497 e. The summed E-state index contributed by atoms with van der Waals surface area (Å²) in [4.78, 5) is 18.9. The summed E-state index contributed by atoms with van der Waals surface area (Å²) in [6, 6.07) is 13.0. The number of methoxy groups -OCH3 is 1. The zero-order chi connectivity index (χ0) is 20.5. The molecule has 1 aliphatic heterocycles. The molecule has 0 unspecified atom stereocenters. The quantitative estimate of drug-likeness (QED) is 0.520. The van der Waals surface area contributed by atoms with Crippen LogP contribution in [0, 0.1) is 0 Å². The average Bonchev–Trinajstić information content (AvgIpc) is 2.88. The molecule has 0 N–H and O–H groups in total. The summed E-state index contributed by atoms with van der Waals surface area (Å²) < 4.78 is 12.5. The Balaban J connectivity index is 1.99. The number of rotatable bonds is 3. The Morgan fingerprint density at radius 3 is 2.76 bits per heavy atom. The van der Waals surface area contributed by atoms with Crippen molar-refractivity contribution in [1.82, 2.24) is 15.2 Å². The number of ether oxygens (including phenoxy) is 2. The van der Waals surface area contributed by atoms with E-state index >= 15 is 0 Å². The van der Waals surface area contributed by atoms with E-state index in [4.69, 9.17) is 9.47 Å². The molecule has 2 aromatic carbocycles. The summed E-state index contributed by atoms with van der Waals surface area (Å²) in [5, 5.41) is 8.98. The van der Waals surface area contributed by atoms with Crippen LogP contribution in [-0.4, -0.2) is 34.5 Å². The van der Waals surface area contributed by atoms with E-state index in [9.17, 15) is 4.79 Å². The fourth-order valence-corrected chi connectivity index (χ4v) is 3.92. The Kier molecular flexibility index (Phi) is 5.42. The summed E-state index contributed by atoms with van der Waals surface area (Å²) >= 11 is 4.95. The van der Waals surface area contributed by atoms with Crippen LogP contribution in [0.4, 0.5) is 5.69 Å². The monoisotopic (exact) mass is 472 g/mol. The maximum atomic E-state index is 12.8. The molecule has 3 aromatic rings. The summed E-state index contributed by atoms with van der Waals surface area (Å²) in [5.74, 6) is 0.793. The van der Waals surface area contributed by atoms with Gasteiger partial charge in [-0.3, -0.25) is 9.69 Å². The summed E-state index contributed by atoms with van der Waals surface area (Å²) in [5.41, 5.74) is 2.62. The number of carbonyl (C=O) groups is 1. The fourth-order valence-electron chi connectivity index (χ4n) is 3.18. The lowest BCUT2D eigenvalue weighted by atomic mass is 10.1. The van der Waals surface area contributed by atoms with Crippen molar-refractivity contribution in [2.24, 2.45) is 0 Å². The molecule has 1 aromatic heterocycles. The van der Waals surface area contributed by atoms with Gasteiger partial charge in [0.15, 0.2) is 5.69 Å². The molecule has 29 heavy (non-hydrogen) atoms. The lowest BCUT2D eigenvalue weighted by Gasteiger charge is -2.30. The first-order valence-electron chi connectivity index (χ1n) is 8.71. The molecule has 0 saturated carbocycles. The first-order valence-corrected chi connectivity index (χ1v) is 10.7. The molecule has 1 amide bonds. The zero-order valence-corrected chi connectivity index (χ0v) is 18.3. The van der Waals surface area contributed by atoms with Crippen LogP contribution >= 0.6 is 27.7 Å². The van der Waals surface area contributed by atoms with Crippen molar-refractivity contribution in [3.05, 3.63) is 52.5 Å². The number of hydrogen-bond donors (Lipinski definition) is 0. The van der Waals surface area contributed by atoms with E-state index in [1.54, 1.807) is 12.0 Å². The summed E-state index contributed by atoms with van der Waals surface area (Å²) in [7, 11) is 1.59. The molecule has 7 nitrogen and oxygen atoms in total. The smallest absolute Gasteiger partial charge is 0.247 e. The lowest BCUT2D eigenvalue weighted by Crippen LogP contribution is -2.36. The highest BCUT2D eigenvalue weighted by Gasteiger charge is 2.35. The number of benzene rings is 2. The first kappa shape index (κ1) is 19.7. The molecule has 1 atom stereocenters. The molecular weight excluding hydrogens is 456 g/mol. The van der Waals surface area contributed by atoms with Gasteiger partial charge < -0.3 is 9.47 Å². The standard InChI is InChI=1S/C20H17BrN4O3S/c1-11(26)25-16-7-5-4-6-13(16)17-18(22-20(29-3)24-23-17)28-19(25)14-10-12(27-2)8-9-15(14)21/h4-10,19H,1-3H3/t19-/m1/s1. The third-order valence-electron chi connectivity index (χ3n) is 4.50.